The van der Waals surface area contributed by atoms with E-state index in [0.29, 0.717) is 18.9 Å². The van der Waals surface area contributed by atoms with Crippen molar-refractivity contribution in [1.82, 2.24) is 9.21 Å². The fourth-order valence-electron chi connectivity index (χ4n) is 3.35. The van der Waals surface area contributed by atoms with Crippen molar-refractivity contribution in [3.05, 3.63) is 30.3 Å². The van der Waals surface area contributed by atoms with E-state index in [9.17, 15) is 13.2 Å². The van der Waals surface area contributed by atoms with E-state index < -0.39 is 16.1 Å². The summed E-state index contributed by atoms with van der Waals surface area (Å²) in [6, 6.07) is 7.86. The van der Waals surface area contributed by atoms with Crippen LogP contribution in [0.3, 0.4) is 0 Å². The normalized spacial score (nSPS) is 26.5. The van der Waals surface area contributed by atoms with E-state index in [1.54, 1.807) is 30.3 Å². The maximum atomic E-state index is 12.8. The minimum atomic E-state index is -3.59. The zero-order valence-electron chi connectivity index (χ0n) is 12.8. The fourth-order valence-corrected chi connectivity index (χ4v) is 5.02. The summed E-state index contributed by atoms with van der Waals surface area (Å²) in [4.78, 5) is 14.8. The Hall–Kier alpha value is -1.40. The van der Waals surface area contributed by atoms with Gasteiger partial charge in [-0.05, 0) is 37.3 Å². The second kappa shape index (κ2) is 6.01. The smallest absolute Gasteiger partial charge is 0.243 e. The van der Waals surface area contributed by atoms with Gasteiger partial charge in [0.15, 0.2) is 0 Å². The van der Waals surface area contributed by atoms with Gasteiger partial charge in [0.25, 0.3) is 0 Å². The summed E-state index contributed by atoms with van der Waals surface area (Å²) in [6.07, 6.45) is 2.37. The van der Waals surface area contributed by atoms with Gasteiger partial charge < -0.3 is 4.90 Å². The third-order valence-electron chi connectivity index (χ3n) is 4.57. The van der Waals surface area contributed by atoms with Crippen LogP contribution in [0.15, 0.2) is 35.2 Å². The summed E-state index contributed by atoms with van der Waals surface area (Å²) in [5.74, 6) is 0.478. The van der Waals surface area contributed by atoms with Gasteiger partial charge in [0.2, 0.25) is 15.9 Å². The van der Waals surface area contributed by atoms with Gasteiger partial charge in [-0.25, -0.2) is 8.42 Å². The van der Waals surface area contributed by atoms with Crippen LogP contribution in [0.25, 0.3) is 0 Å². The minimum Gasteiger partial charge on any atom is -0.341 e. The topological polar surface area (TPSA) is 57.7 Å². The van der Waals surface area contributed by atoms with E-state index in [1.165, 1.54) is 4.31 Å². The first-order valence-electron chi connectivity index (χ1n) is 7.86. The van der Waals surface area contributed by atoms with Crippen molar-refractivity contribution in [2.24, 2.45) is 5.92 Å². The SMILES string of the molecule is CC1CCN(C(=O)C2CCCN2S(=O)(=O)c2ccccc2)C1. The highest BCUT2D eigenvalue weighted by atomic mass is 32.2. The summed E-state index contributed by atoms with van der Waals surface area (Å²) in [6.45, 7) is 4.04. The molecule has 0 aromatic heterocycles. The van der Waals surface area contributed by atoms with E-state index in [4.69, 9.17) is 0 Å². The second-order valence-corrected chi connectivity index (χ2v) is 8.16. The van der Waals surface area contributed by atoms with Crippen LogP contribution in [0.5, 0.6) is 0 Å². The quantitative estimate of drug-likeness (QED) is 0.851. The number of rotatable bonds is 3. The van der Waals surface area contributed by atoms with E-state index in [0.717, 1.165) is 25.9 Å². The first-order chi connectivity index (χ1) is 10.5. The highest BCUT2D eigenvalue weighted by molar-refractivity contribution is 7.89. The number of nitrogens with zero attached hydrogens (tertiary/aromatic N) is 2. The zero-order chi connectivity index (χ0) is 15.7. The van der Waals surface area contributed by atoms with Crippen molar-refractivity contribution in [2.45, 2.75) is 37.1 Å². The molecule has 2 aliphatic rings. The maximum absolute atomic E-state index is 12.8. The van der Waals surface area contributed by atoms with Crippen LogP contribution < -0.4 is 0 Å². The summed E-state index contributed by atoms with van der Waals surface area (Å²) >= 11 is 0. The summed E-state index contributed by atoms with van der Waals surface area (Å²) in [5, 5.41) is 0. The Morgan fingerprint density at radius 3 is 2.50 bits per heavy atom. The molecule has 0 radical (unpaired) electrons. The first kappa shape index (κ1) is 15.5. The fraction of sp³-hybridized carbons (Fsp3) is 0.562. The van der Waals surface area contributed by atoms with Gasteiger partial charge in [0.05, 0.1) is 4.90 Å². The molecule has 6 heteroatoms. The molecule has 2 fully saturated rings. The average molecular weight is 322 g/mol. The maximum Gasteiger partial charge on any atom is 0.243 e. The van der Waals surface area contributed by atoms with Gasteiger partial charge in [-0.3, -0.25) is 4.79 Å². The molecule has 1 aromatic rings. The Kier molecular flexibility index (Phi) is 4.23. The number of hydrogen-bond donors (Lipinski definition) is 0. The summed E-state index contributed by atoms with van der Waals surface area (Å²) in [5.41, 5.74) is 0. The molecule has 5 nitrogen and oxygen atoms in total. The number of sulfonamides is 1. The number of benzene rings is 1. The zero-order valence-corrected chi connectivity index (χ0v) is 13.6. The van der Waals surface area contributed by atoms with Crippen molar-refractivity contribution in [1.29, 1.82) is 0 Å². The second-order valence-electron chi connectivity index (χ2n) is 6.26. The molecule has 22 heavy (non-hydrogen) atoms. The van der Waals surface area contributed by atoms with Gasteiger partial charge in [-0.2, -0.15) is 4.31 Å². The lowest BCUT2D eigenvalue weighted by molar-refractivity contribution is -0.133. The van der Waals surface area contributed by atoms with Crippen molar-refractivity contribution in [3.8, 4) is 0 Å². The predicted molar refractivity (Wildman–Crippen MR) is 83.7 cm³/mol. The molecule has 2 unspecified atom stereocenters. The van der Waals surface area contributed by atoms with Crippen LogP contribution in [0, 0.1) is 5.92 Å². The molecular formula is C16H22N2O3S. The Labute approximate surface area is 132 Å². The van der Waals surface area contributed by atoms with E-state index in [1.807, 2.05) is 4.90 Å². The van der Waals surface area contributed by atoms with Crippen LogP contribution >= 0.6 is 0 Å². The molecule has 2 aliphatic heterocycles. The standard InChI is InChI=1S/C16H22N2O3S/c1-13-9-11-17(12-13)16(19)15-8-5-10-18(15)22(20,21)14-6-3-2-4-7-14/h2-4,6-7,13,15H,5,8-12H2,1H3. The van der Waals surface area contributed by atoms with Crippen LogP contribution in [-0.4, -0.2) is 49.2 Å². The minimum absolute atomic E-state index is 0.0265. The summed E-state index contributed by atoms with van der Waals surface area (Å²) in [7, 11) is -3.59. The van der Waals surface area contributed by atoms with Gasteiger partial charge in [-0.15, -0.1) is 0 Å². The monoisotopic (exact) mass is 322 g/mol. The Bertz CT molecular complexity index is 645. The summed E-state index contributed by atoms with van der Waals surface area (Å²) < 4.78 is 27.0. The van der Waals surface area contributed by atoms with Crippen molar-refractivity contribution in [3.63, 3.8) is 0 Å². The van der Waals surface area contributed by atoms with Crippen molar-refractivity contribution in [2.75, 3.05) is 19.6 Å². The van der Waals surface area contributed by atoms with Crippen molar-refractivity contribution < 1.29 is 13.2 Å². The molecule has 2 heterocycles. The molecule has 0 saturated carbocycles. The Morgan fingerprint density at radius 2 is 1.86 bits per heavy atom. The number of carbonyl (C=O) groups excluding carboxylic acids is 1. The molecule has 2 saturated heterocycles. The highest BCUT2D eigenvalue weighted by Gasteiger charge is 2.41. The molecule has 1 amide bonds. The average Bonchev–Trinajstić information content (AvgIpc) is 3.16. The van der Waals surface area contributed by atoms with Crippen LogP contribution in [0.2, 0.25) is 0 Å². The molecule has 1 aromatic carbocycles. The number of amides is 1. The van der Waals surface area contributed by atoms with Crippen LogP contribution in [-0.2, 0) is 14.8 Å². The Balaban J connectivity index is 1.83. The highest BCUT2D eigenvalue weighted by Crippen LogP contribution is 2.28. The van der Waals surface area contributed by atoms with Gasteiger partial charge >= 0.3 is 0 Å². The van der Waals surface area contributed by atoms with Crippen LogP contribution in [0.4, 0.5) is 0 Å². The molecule has 0 aliphatic carbocycles. The predicted octanol–water partition coefficient (Wildman–Crippen LogP) is 1.71. The number of hydrogen-bond acceptors (Lipinski definition) is 3. The van der Waals surface area contributed by atoms with E-state index >= 15 is 0 Å². The lowest BCUT2D eigenvalue weighted by atomic mass is 10.2. The number of carbonyl (C=O) groups is 1. The molecular weight excluding hydrogens is 300 g/mol. The van der Waals surface area contributed by atoms with Gasteiger partial charge in [-0.1, -0.05) is 25.1 Å². The van der Waals surface area contributed by atoms with E-state index in [2.05, 4.69) is 6.92 Å². The lowest BCUT2D eigenvalue weighted by Gasteiger charge is -2.27. The third-order valence-corrected chi connectivity index (χ3v) is 6.50. The molecule has 3 rings (SSSR count). The van der Waals surface area contributed by atoms with E-state index in [-0.39, 0.29) is 10.8 Å². The van der Waals surface area contributed by atoms with Crippen molar-refractivity contribution >= 4 is 15.9 Å². The van der Waals surface area contributed by atoms with Gasteiger partial charge in [0, 0.05) is 19.6 Å². The molecule has 0 N–H and O–H groups in total. The number of likely N-dealkylation sites (tertiary alicyclic amines) is 1. The largest absolute Gasteiger partial charge is 0.341 e. The first-order valence-corrected chi connectivity index (χ1v) is 9.30. The molecule has 0 bridgehead atoms. The lowest BCUT2D eigenvalue weighted by Crippen LogP contribution is -2.47. The molecule has 2 atom stereocenters. The van der Waals surface area contributed by atoms with Crippen LogP contribution in [0.1, 0.15) is 26.2 Å². The third kappa shape index (κ3) is 2.77. The Morgan fingerprint density at radius 1 is 1.14 bits per heavy atom. The van der Waals surface area contributed by atoms with Gasteiger partial charge in [0.1, 0.15) is 6.04 Å². The molecule has 120 valence electrons. The molecule has 0 spiro atoms.